The smallest absolute Gasteiger partial charge is 0.407 e. The molecule has 0 aliphatic heterocycles. The number of amides is 2. The van der Waals surface area contributed by atoms with Crippen molar-refractivity contribution in [3.8, 4) is 0 Å². The third kappa shape index (κ3) is 5.73. The molecule has 20 heavy (non-hydrogen) atoms. The molecule has 1 aromatic rings. The van der Waals surface area contributed by atoms with Crippen molar-refractivity contribution in [1.29, 1.82) is 0 Å². The van der Waals surface area contributed by atoms with Gasteiger partial charge >= 0.3 is 6.09 Å². The Hall–Kier alpha value is -2.04. The largest absolute Gasteiger partial charge is 0.449 e. The predicted molar refractivity (Wildman–Crippen MR) is 78.6 cm³/mol. The average Bonchev–Trinajstić information content (AvgIpc) is 2.36. The zero-order chi connectivity index (χ0) is 15.1. The van der Waals surface area contributed by atoms with E-state index in [0.717, 1.165) is 5.56 Å². The molecule has 0 saturated heterocycles. The average molecular weight is 278 g/mol. The molecular weight excluding hydrogens is 256 g/mol. The van der Waals surface area contributed by atoms with Crippen molar-refractivity contribution < 1.29 is 14.3 Å². The zero-order valence-electron chi connectivity index (χ0n) is 12.4. The van der Waals surface area contributed by atoms with Crippen LogP contribution < -0.4 is 10.6 Å². The molecule has 0 aliphatic rings. The summed E-state index contributed by atoms with van der Waals surface area (Å²) in [5.41, 5.74) is 1.76. The Morgan fingerprint density at radius 1 is 1.25 bits per heavy atom. The number of hydrogen-bond donors (Lipinski definition) is 2. The highest BCUT2D eigenvalue weighted by atomic mass is 16.5. The number of carbonyl (C=O) groups excluding carboxylic acids is 2. The van der Waals surface area contributed by atoms with Gasteiger partial charge in [0.2, 0.25) is 5.91 Å². The van der Waals surface area contributed by atoms with Crippen molar-refractivity contribution in [1.82, 2.24) is 5.32 Å². The number of rotatable bonds is 5. The lowest BCUT2D eigenvalue weighted by molar-refractivity contribution is -0.117. The maximum Gasteiger partial charge on any atom is 0.407 e. The maximum absolute atomic E-state index is 11.9. The van der Waals surface area contributed by atoms with Gasteiger partial charge in [-0.3, -0.25) is 4.79 Å². The van der Waals surface area contributed by atoms with Crippen molar-refractivity contribution in [2.24, 2.45) is 5.92 Å². The molecule has 0 spiro atoms. The summed E-state index contributed by atoms with van der Waals surface area (Å²) in [6.45, 7) is 7.78. The Bertz CT molecular complexity index is 472. The van der Waals surface area contributed by atoms with Crippen LogP contribution in [0.25, 0.3) is 0 Å². The van der Waals surface area contributed by atoms with Gasteiger partial charge < -0.3 is 15.4 Å². The number of benzene rings is 1. The fourth-order valence-electron chi connectivity index (χ4n) is 1.50. The van der Waals surface area contributed by atoms with Crippen LogP contribution in [0.4, 0.5) is 10.5 Å². The van der Waals surface area contributed by atoms with Crippen LogP contribution in [0.3, 0.4) is 0 Å². The fraction of sp³-hybridized carbons (Fsp3) is 0.467. The summed E-state index contributed by atoms with van der Waals surface area (Å²) in [5.74, 6) is -0.0192. The van der Waals surface area contributed by atoms with Crippen molar-refractivity contribution in [3.63, 3.8) is 0 Å². The third-order valence-corrected chi connectivity index (χ3v) is 2.56. The van der Waals surface area contributed by atoms with Gasteiger partial charge in [0, 0.05) is 5.69 Å². The predicted octanol–water partition coefficient (Wildman–Crippen LogP) is 2.70. The standard InChI is InChI=1S/C15H22N2O3/c1-10(2)9-20-15(19)16-12(4)14(18)17-13-7-5-6-11(3)8-13/h5-8,10,12H,9H2,1-4H3,(H,16,19)(H,17,18)/t12-/m1/s1. The van der Waals surface area contributed by atoms with Crippen LogP contribution in [-0.2, 0) is 9.53 Å². The minimum atomic E-state index is -0.657. The number of anilines is 1. The summed E-state index contributed by atoms with van der Waals surface area (Å²) in [4.78, 5) is 23.4. The van der Waals surface area contributed by atoms with Gasteiger partial charge in [-0.25, -0.2) is 4.79 Å². The quantitative estimate of drug-likeness (QED) is 0.870. The second-order valence-corrected chi connectivity index (χ2v) is 5.22. The summed E-state index contributed by atoms with van der Waals surface area (Å²) in [7, 11) is 0. The Labute approximate surface area is 119 Å². The highest BCUT2D eigenvalue weighted by Crippen LogP contribution is 2.09. The Morgan fingerprint density at radius 2 is 1.95 bits per heavy atom. The first-order chi connectivity index (χ1) is 9.38. The van der Waals surface area contributed by atoms with Crippen LogP contribution in [0, 0.1) is 12.8 Å². The number of hydrogen-bond acceptors (Lipinski definition) is 3. The topological polar surface area (TPSA) is 67.4 Å². The van der Waals surface area contributed by atoms with E-state index in [2.05, 4.69) is 10.6 Å². The first kappa shape index (κ1) is 16.0. The molecule has 0 aromatic heterocycles. The molecule has 0 heterocycles. The van der Waals surface area contributed by atoms with Gasteiger partial charge in [-0.1, -0.05) is 26.0 Å². The molecule has 110 valence electrons. The minimum Gasteiger partial charge on any atom is -0.449 e. The van der Waals surface area contributed by atoms with Crippen molar-refractivity contribution in [2.45, 2.75) is 33.7 Å². The summed E-state index contributed by atoms with van der Waals surface area (Å²) < 4.78 is 4.96. The molecule has 0 saturated carbocycles. The van der Waals surface area contributed by atoms with Crippen LogP contribution in [0.5, 0.6) is 0 Å². The van der Waals surface area contributed by atoms with Crippen LogP contribution in [0.15, 0.2) is 24.3 Å². The zero-order valence-corrected chi connectivity index (χ0v) is 12.4. The van der Waals surface area contributed by atoms with E-state index in [1.807, 2.05) is 39.0 Å². The van der Waals surface area contributed by atoms with Gasteiger partial charge in [0.1, 0.15) is 6.04 Å². The number of ether oxygens (including phenoxy) is 1. The lowest BCUT2D eigenvalue weighted by Crippen LogP contribution is -2.42. The van der Waals surface area contributed by atoms with E-state index in [1.165, 1.54) is 0 Å². The summed E-state index contributed by atoms with van der Waals surface area (Å²) in [6, 6.07) is 6.81. The maximum atomic E-state index is 11.9. The molecule has 1 aromatic carbocycles. The van der Waals surface area contributed by atoms with Crippen LogP contribution in [0.1, 0.15) is 26.3 Å². The Balaban J connectivity index is 2.45. The molecule has 5 nitrogen and oxygen atoms in total. The van der Waals surface area contributed by atoms with Crippen molar-refractivity contribution >= 4 is 17.7 Å². The van der Waals surface area contributed by atoms with E-state index in [4.69, 9.17) is 4.74 Å². The molecule has 0 radical (unpaired) electrons. The highest BCUT2D eigenvalue weighted by molar-refractivity contribution is 5.96. The lowest BCUT2D eigenvalue weighted by Gasteiger charge is -2.15. The van der Waals surface area contributed by atoms with Crippen LogP contribution in [-0.4, -0.2) is 24.6 Å². The Kier molecular flexibility index (Phi) is 6.03. The summed E-state index contributed by atoms with van der Waals surface area (Å²) in [6.07, 6.45) is -0.578. The van der Waals surface area contributed by atoms with Gasteiger partial charge in [0.05, 0.1) is 6.61 Å². The monoisotopic (exact) mass is 278 g/mol. The van der Waals surface area contributed by atoms with E-state index < -0.39 is 12.1 Å². The van der Waals surface area contributed by atoms with Crippen LogP contribution in [0.2, 0.25) is 0 Å². The second kappa shape index (κ2) is 7.53. The lowest BCUT2D eigenvalue weighted by atomic mass is 10.2. The first-order valence-corrected chi connectivity index (χ1v) is 6.69. The van der Waals surface area contributed by atoms with Gasteiger partial charge in [0.25, 0.3) is 0 Å². The highest BCUT2D eigenvalue weighted by Gasteiger charge is 2.16. The molecule has 0 fully saturated rings. The summed E-state index contributed by atoms with van der Waals surface area (Å²) in [5, 5.41) is 5.24. The molecule has 0 aliphatic carbocycles. The molecular formula is C15H22N2O3. The van der Waals surface area contributed by atoms with E-state index in [0.29, 0.717) is 12.3 Å². The van der Waals surface area contributed by atoms with Gasteiger partial charge in [-0.05, 0) is 37.5 Å². The first-order valence-electron chi connectivity index (χ1n) is 6.69. The molecule has 5 heteroatoms. The molecule has 2 N–H and O–H groups in total. The van der Waals surface area contributed by atoms with E-state index in [1.54, 1.807) is 13.0 Å². The molecule has 1 rings (SSSR count). The van der Waals surface area contributed by atoms with E-state index >= 15 is 0 Å². The number of alkyl carbamates (subject to hydrolysis) is 1. The number of nitrogens with one attached hydrogen (secondary N) is 2. The third-order valence-electron chi connectivity index (χ3n) is 2.56. The van der Waals surface area contributed by atoms with Crippen LogP contribution >= 0.6 is 0 Å². The van der Waals surface area contributed by atoms with Gasteiger partial charge in [-0.2, -0.15) is 0 Å². The number of aryl methyl sites for hydroxylation is 1. The molecule has 1 atom stereocenters. The molecule has 0 bridgehead atoms. The van der Waals surface area contributed by atoms with E-state index in [9.17, 15) is 9.59 Å². The normalized spacial score (nSPS) is 11.8. The van der Waals surface area contributed by atoms with Gasteiger partial charge in [-0.15, -0.1) is 0 Å². The second-order valence-electron chi connectivity index (χ2n) is 5.22. The fourth-order valence-corrected chi connectivity index (χ4v) is 1.50. The molecule has 2 amide bonds. The van der Waals surface area contributed by atoms with Crippen molar-refractivity contribution in [2.75, 3.05) is 11.9 Å². The van der Waals surface area contributed by atoms with E-state index in [-0.39, 0.29) is 11.8 Å². The van der Waals surface area contributed by atoms with Crippen molar-refractivity contribution in [3.05, 3.63) is 29.8 Å². The van der Waals surface area contributed by atoms with Gasteiger partial charge in [0.15, 0.2) is 0 Å². The molecule has 0 unspecified atom stereocenters. The SMILES string of the molecule is Cc1cccc(NC(=O)[C@@H](C)NC(=O)OCC(C)C)c1. The Morgan fingerprint density at radius 3 is 2.55 bits per heavy atom. The minimum absolute atomic E-state index is 0.261. The summed E-state index contributed by atoms with van der Waals surface area (Å²) >= 11 is 0. The number of carbonyl (C=O) groups is 2.